The summed E-state index contributed by atoms with van der Waals surface area (Å²) in [4.78, 5) is 31.3. The minimum absolute atomic E-state index is 0.108. The highest BCUT2D eigenvalue weighted by Crippen LogP contribution is 2.20. The number of rotatable bonds is 4. The molecule has 3 N–H and O–H groups in total. The Kier molecular flexibility index (Phi) is 5.28. The molecule has 8 heteroatoms. The first kappa shape index (κ1) is 21.1. The molecular weight excluding hydrogens is 421 g/mol. The number of hydrogen-bond donors (Lipinski definition) is 2. The largest absolute Gasteiger partial charge is 0.349 e. The fourth-order valence-electron chi connectivity index (χ4n) is 4.56. The molecule has 0 atom stereocenters. The molecule has 7 nitrogen and oxygen atoms in total. The molecule has 4 aromatic rings. The number of nitrogen functional groups attached to an aromatic ring is 1. The minimum Gasteiger partial charge on any atom is -0.349 e. The van der Waals surface area contributed by atoms with Crippen molar-refractivity contribution >= 4 is 28.4 Å². The molecule has 1 aromatic carbocycles. The van der Waals surface area contributed by atoms with E-state index in [0.29, 0.717) is 16.7 Å². The molecule has 0 unspecified atom stereocenters. The van der Waals surface area contributed by atoms with E-state index >= 15 is 0 Å². The molecule has 0 radical (unpaired) electrons. The normalized spacial score (nSPS) is 14.2. The third-order valence-electron chi connectivity index (χ3n) is 6.36. The SMILES string of the molecule is Cc1cccn2c(=O)c3cc(C(=O)NC4CCCC4)c(N)[n+](Cc4ccc(F)cc4)c3nc12. The van der Waals surface area contributed by atoms with Crippen LogP contribution in [0.25, 0.3) is 16.7 Å². The first-order valence-electron chi connectivity index (χ1n) is 11.1. The van der Waals surface area contributed by atoms with Gasteiger partial charge >= 0.3 is 0 Å². The van der Waals surface area contributed by atoms with E-state index in [2.05, 4.69) is 5.32 Å². The lowest BCUT2D eigenvalue weighted by atomic mass is 10.1. The van der Waals surface area contributed by atoms with E-state index in [0.717, 1.165) is 36.8 Å². The van der Waals surface area contributed by atoms with E-state index in [1.807, 2.05) is 13.0 Å². The Labute approximate surface area is 189 Å². The number of amides is 1. The zero-order valence-corrected chi connectivity index (χ0v) is 18.3. The van der Waals surface area contributed by atoms with Crippen molar-refractivity contribution in [1.29, 1.82) is 0 Å². The van der Waals surface area contributed by atoms with Crippen LogP contribution in [-0.4, -0.2) is 21.3 Å². The summed E-state index contributed by atoms with van der Waals surface area (Å²) in [6, 6.07) is 11.4. The van der Waals surface area contributed by atoms with Gasteiger partial charge in [-0.05, 0) is 49.6 Å². The Morgan fingerprint density at radius 3 is 2.70 bits per heavy atom. The van der Waals surface area contributed by atoms with Crippen molar-refractivity contribution in [3.05, 3.63) is 81.5 Å². The smallest absolute Gasteiger partial charge is 0.278 e. The third-order valence-corrected chi connectivity index (χ3v) is 6.36. The van der Waals surface area contributed by atoms with Crippen LogP contribution < -0.4 is 21.2 Å². The summed E-state index contributed by atoms with van der Waals surface area (Å²) in [5.41, 5.74) is 8.99. The zero-order valence-electron chi connectivity index (χ0n) is 18.3. The van der Waals surface area contributed by atoms with Crippen LogP contribution in [0.15, 0.2) is 53.5 Å². The summed E-state index contributed by atoms with van der Waals surface area (Å²) in [6.07, 6.45) is 5.70. The molecule has 0 aliphatic heterocycles. The number of aryl methyl sites for hydroxylation is 1. The number of halogens is 1. The summed E-state index contributed by atoms with van der Waals surface area (Å²) < 4.78 is 16.6. The predicted molar refractivity (Wildman–Crippen MR) is 124 cm³/mol. The standard InChI is InChI=1S/C25H24FN5O2/c1-15-5-4-12-30-22(15)29-23-20(25(30)33)13-19(24(32)28-18-6-2-3-7-18)21(27)31(23)14-16-8-10-17(26)11-9-16/h4-5,8-13,18,27H,2-3,6-7,14H2,1H3,(H,28,32)/p+1. The Morgan fingerprint density at radius 2 is 1.97 bits per heavy atom. The van der Waals surface area contributed by atoms with Gasteiger partial charge in [0.25, 0.3) is 17.1 Å². The average Bonchev–Trinajstić information content (AvgIpc) is 3.31. The number of aromatic nitrogens is 3. The van der Waals surface area contributed by atoms with Gasteiger partial charge in [0, 0.05) is 17.8 Å². The molecule has 168 valence electrons. The molecule has 3 aromatic heterocycles. The highest BCUT2D eigenvalue weighted by atomic mass is 19.1. The fraction of sp³-hybridized carbons (Fsp3) is 0.280. The van der Waals surface area contributed by atoms with Gasteiger partial charge in [0.15, 0.2) is 0 Å². The molecular formula is C25H25FN5O2+. The van der Waals surface area contributed by atoms with Crippen molar-refractivity contribution in [3.63, 3.8) is 0 Å². The van der Waals surface area contributed by atoms with Crippen LogP contribution in [0.1, 0.15) is 47.2 Å². The number of fused-ring (bicyclic) bond motifs is 2. The van der Waals surface area contributed by atoms with Crippen LogP contribution in [0.2, 0.25) is 0 Å². The van der Waals surface area contributed by atoms with Gasteiger partial charge in [0.05, 0.1) is 6.54 Å². The van der Waals surface area contributed by atoms with Gasteiger partial charge in [-0.3, -0.25) is 14.0 Å². The number of nitrogens with zero attached hydrogens (tertiary/aromatic N) is 3. The number of carbonyl (C=O) groups is 1. The van der Waals surface area contributed by atoms with Gasteiger partial charge in [-0.1, -0.05) is 36.0 Å². The molecule has 3 heterocycles. The molecule has 0 saturated heterocycles. The van der Waals surface area contributed by atoms with Crippen molar-refractivity contribution < 1.29 is 13.8 Å². The number of pyridine rings is 2. The highest BCUT2D eigenvalue weighted by molar-refractivity contribution is 6.00. The Morgan fingerprint density at radius 1 is 1.24 bits per heavy atom. The van der Waals surface area contributed by atoms with Crippen LogP contribution in [0.3, 0.4) is 0 Å². The Bertz CT molecular complexity index is 1440. The summed E-state index contributed by atoms with van der Waals surface area (Å²) >= 11 is 0. The van der Waals surface area contributed by atoms with Crippen LogP contribution in [0, 0.1) is 12.7 Å². The highest BCUT2D eigenvalue weighted by Gasteiger charge is 2.27. The Balaban J connectivity index is 1.74. The molecule has 1 aliphatic carbocycles. The molecule has 0 spiro atoms. The van der Waals surface area contributed by atoms with Crippen LogP contribution in [-0.2, 0) is 6.54 Å². The topological polar surface area (TPSA) is 93.4 Å². The maximum atomic E-state index is 13.5. The van der Waals surface area contributed by atoms with Gasteiger partial charge < -0.3 is 11.1 Å². The number of anilines is 1. The van der Waals surface area contributed by atoms with Crippen LogP contribution >= 0.6 is 0 Å². The summed E-state index contributed by atoms with van der Waals surface area (Å²) in [5, 5.41) is 3.35. The van der Waals surface area contributed by atoms with Gasteiger partial charge in [0.2, 0.25) is 11.5 Å². The van der Waals surface area contributed by atoms with Crippen molar-refractivity contribution in [2.75, 3.05) is 5.73 Å². The average molecular weight is 447 g/mol. The molecule has 1 saturated carbocycles. The van der Waals surface area contributed by atoms with Gasteiger partial charge in [-0.25, -0.2) is 8.96 Å². The lowest BCUT2D eigenvalue weighted by Gasteiger charge is -2.15. The lowest BCUT2D eigenvalue weighted by Crippen LogP contribution is -2.44. The van der Waals surface area contributed by atoms with E-state index in [1.54, 1.807) is 35.0 Å². The van der Waals surface area contributed by atoms with Crippen LogP contribution in [0.4, 0.5) is 10.2 Å². The first-order valence-corrected chi connectivity index (χ1v) is 11.1. The molecule has 33 heavy (non-hydrogen) atoms. The first-order chi connectivity index (χ1) is 15.9. The van der Waals surface area contributed by atoms with Gasteiger partial charge in [0.1, 0.15) is 16.8 Å². The van der Waals surface area contributed by atoms with E-state index in [9.17, 15) is 14.0 Å². The number of nitrogens with one attached hydrogen (secondary N) is 1. The maximum absolute atomic E-state index is 13.5. The second-order valence-electron chi connectivity index (χ2n) is 8.65. The van der Waals surface area contributed by atoms with E-state index in [4.69, 9.17) is 10.7 Å². The minimum atomic E-state index is -0.343. The van der Waals surface area contributed by atoms with Crippen molar-refractivity contribution in [2.24, 2.45) is 0 Å². The molecule has 1 amide bonds. The second-order valence-corrected chi connectivity index (χ2v) is 8.65. The Hall–Kier alpha value is -3.81. The van der Waals surface area contributed by atoms with Crippen LogP contribution in [0.5, 0.6) is 0 Å². The fourth-order valence-corrected chi connectivity index (χ4v) is 4.56. The number of nitrogens with two attached hydrogens (primary N) is 1. The van der Waals surface area contributed by atoms with E-state index in [-0.39, 0.29) is 41.3 Å². The summed E-state index contributed by atoms with van der Waals surface area (Å²) in [5.74, 6) is -0.431. The van der Waals surface area contributed by atoms with Gasteiger partial charge in [-0.2, -0.15) is 0 Å². The van der Waals surface area contributed by atoms with Crippen molar-refractivity contribution in [3.8, 4) is 0 Å². The molecule has 1 aliphatic rings. The summed E-state index contributed by atoms with van der Waals surface area (Å²) in [7, 11) is 0. The monoisotopic (exact) mass is 446 g/mol. The van der Waals surface area contributed by atoms with Crippen molar-refractivity contribution in [1.82, 2.24) is 14.7 Å². The second kappa shape index (κ2) is 8.27. The van der Waals surface area contributed by atoms with E-state index < -0.39 is 0 Å². The van der Waals surface area contributed by atoms with Gasteiger partial charge in [-0.15, -0.1) is 0 Å². The van der Waals surface area contributed by atoms with E-state index in [1.165, 1.54) is 16.5 Å². The summed E-state index contributed by atoms with van der Waals surface area (Å²) in [6.45, 7) is 2.12. The third kappa shape index (κ3) is 3.82. The molecule has 1 fully saturated rings. The number of hydrogen-bond acceptors (Lipinski definition) is 4. The predicted octanol–water partition coefficient (Wildman–Crippen LogP) is 2.89. The molecule has 0 bridgehead atoms. The van der Waals surface area contributed by atoms with Crippen molar-refractivity contribution in [2.45, 2.75) is 45.2 Å². The lowest BCUT2D eigenvalue weighted by molar-refractivity contribution is -0.649. The number of benzene rings is 1. The maximum Gasteiger partial charge on any atom is 0.278 e. The molecule has 5 rings (SSSR count). The number of carbonyl (C=O) groups excluding carboxylic acids is 1. The zero-order chi connectivity index (χ0) is 23.1. The quantitative estimate of drug-likeness (QED) is 0.372.